The summed E-state index contributed by atoms with van der Waals surface area (Å²) in [5, 5.41) is 0. The molecule has 0 aromatic heterocycles. The molecule has 1 fully saturated rings. The Kier molecular flexibility index (Phi) is 1.78. The zero-order chi connectivity index (χ0) is 9.47. The SMILES string of the molecule is CCC1=NC2(CC2)C(C(=O)OC)O1. The van der Waals surface area contributed by atoms with Gasteiger partial charge in [-0.05, 0) is 12.8 Å². The first-order valence-corrected chi connectivity index (χ1v) is 4.55. The molecule has 13 heavy (non-hydrogen) atoms. The minimum Gasteiger partial charge on any atom is -0.466 e. The summed E-state index contributed by atoms with van der Waals surface area (Å²) in [6, 6.07) is 0. The van der Waals surface area contributed by atoms with Crippen molar-refractivity contribution in [1.82, 2.24) is 0 Å². The maximum atomic E-state index is 11.3. The largest absolute Gasteiger partial charge is 0.466 e. The zero-order valence-electron chi connectivity index (χ0n) is 7.87. The zero-order valence-corrected chi connectivity index (χ0v) is 7.87. The Hall–Kier alpha value is -1.06. The first kappa shape index (κ1) is 8.53. The minimum absolute atomic E-state index is 0.252. The molecule has 4 nitrogen and oxygen atoms in total. The third-order valence-electron chi connectivity index (χ3n) is 2.57. The molecule has 1 aliphatic heterocycles. The van der Waals surface area contributed by atoms with Crippen molar-refractivity contribution in [3.8, 4) is 0 Å². The van der Waals surface area contributed by atoms with E-state index in [2.05, 4.69) is 9.73 Å². The van der Waals surface area contributed by atoms with Crippen molar-refractivity contribution in [2.75, 3.05) is 7.11 Å². The lowest BCUT2D eigenvalue weighted by molar-refractivity contribution is -0.149. The number of esters is 1. The minimum atomic E-state index is -0.479. The highest BCUT2D eigenvalue weighted by Gasteiger charge is 2.59. The summed E-state index contributed by atoms with van der Waals surface area (Å²) in [6.07, 6.45) is 2.15. The third-order valence-corrected chi connectivity index (χ3v) is 2.57. The number of methoxy groups -OCH3 is 1. The van der Waals surface area contributed by atoms with Crippen LogP contribution in [0.3, 0.4) is 0 Å². The lowest BCUT2D eigenvalue weighted by Crippen LogP contribution is -2.34. The van der Waals surface area contributed by atoms with Gasteiger partial charge in [-0.15, -0.1) is 0 Å². The molecule has 1 aliphatic carbocycles. The molecular weight excluding hydrogens is 170 g/mol. The maximum Gasteiger partial charge on any atom is 0.349 e. The van der Waals surface area contributed by atoms with Gasteiger partial charge in [-0.25, -0.2) is 9.79 Å². The van der Waals surface area contributed by atoms with Gasteiger partial charge in [0, 0.05) is 6.42 Å². The predicted octanol–water partition coefficient (Wildman–Crippen LogP) is 0.899. The van der Waals surface area contributed by atoms with Crippen LogP contribution in [0.2, 0.25) is 0 Å². The normalized spacial score (nSPS) is 28.2. The van der Waals surface area contributed by atoms with E-state index >= 15 is 0 Å². The standard InChI is InChI=1S/C9H13NO3/c1-3-6-10-9(4-5-9)7(13-6)8(11)12-2/h7H,3-5H2,1-2H3. The van der Waals surface area contributed by atoms with Gasteiger partial charge in [0.25, 0.3) is 0 Å². The average Bonchev–Trinajstić information content (AvgIpc) is 2.79. The van der Waals surface area contributed by atoms with E-state index in [1.54, 1.807) is 0 Å². The number of ether oxygens (including phenoxy) is 2. The van der Waals surface area contributed by atoms with Gasteiger partial charge >= 0.3 is 5.97 Å². The van der Waals surface area contributed by atoms with Crippen molar-refractivity contribution in [1.29, 1.82) is 0 Å². The van der Waals surface area contributed by atoms with Gasteiger partial charge in [0.1, 0.15) is 5.54 Å². The summed E-state index contributed by atoms with van der Waals surface area (Å²) < 4.78 is 10.1. The number of nitrogens with zero attached hydrogens (tertiary/aromatic N) is 1. The molecule has 1 unspecified atom stereocenters. The first-order valence-electron chi connectivity index (χ1n) is 4.55. The van der Waals surface area contributed by atoms with E-state index in [-0.39, 0.29) is 11.5 Å². The molecule has 0 amide bonds. The Morgan fingerprint density at radius 2 is 2.46 bits per heavy atom. The quantitative estimate of drug-likeness (QED) is 0.597. The Bertz CT molecular complexity index is 268. The molecule has 1 heterocycles. The number of hydrogen-bond acceptors (Lipinski definition) is 4. The molecule has 1 atom stereocenters. The van der Waals surface area contributed by atoms with E-state index in [4.69, 9.17) is 4.74 Å². The monoisotopic (exact) mass is 183 g/mol. The lowest BCUT2D eigenvalue weighted by atomic mass is 10.1. The first-order chi connectivity index (χ1) is 6.22. The van der Waals surface area contributed by atoms with Crippen molar-refractivity contribution in [2.24, 2.45) is 4.99 Å². The van der Waals surface area contributed by atoms with Gasteiger partial charge in [-0.1, -0.05) is 6.92 Å². The molecule has 2 rings (SSSR count). The van der Waals surface area contributed by atoms with Gasteiger partial charge in [-0.2, -0.15) is 0 Å². The van der Waals surface area contributed by atoms with Crippen LogP contribution >= 0.6 is 0 Å². The average molecular weight is 183 g/mol. The molecule has 1 saturated carbocycles. The highest BCUT2D eigenvalue weighted by atomic mass is 16.6. The Morgan fingerprint density at radius 1 is 1.77 bits per heavy atom. The van der Waals surface area contributed by atoms with Crippen molar-refractivity contribution in [3.05, 3.63) is 0 Å². The smallest absolute Gasteiger partial charge is 0.349 e. The number of hydrogen-bond donors (Lipinski definition) is 0. The van der Waals surface area contributed by atoms with Gasteiger partial charge in [0.05, 0.1) is 7.11 Å². The van der Waals surface area contributed by atoms with Crippen LogP contribution in [0.1, 0.15) is 26.2 Å². The molecule has 4 heteroatoms. The van der Waals surface area contributed by atoms with Crippen molar-refractivity contribution >= 4 is 11.9 Å². The van der Waals surface area contributed by atoms with Gasteiger partial charge in [0.2, 0.25) is 6.10 Å². The van der Waals surface area contributed by atoms with Gasteiger partial charge in [0.15, 0.2) is 5.90 Å². The summed E-state index contributed by atoms with van der Waals surface area (Å²) >= 11 is 0. The fraction of sp³-hybridized carbons (Fsp3) is 0.778. The summed E-state index contributed by atoms with van der Waals surface area (Å²) in [5.41, 5.74) is -0.252. The molecule has 0 saturated heterocycles. The van der Waals surface area contributed by atoms with E-state index in [0.717, 1.165) is 19.3 Å². The van der Waals surface area contributed by atoms with Gasteiger partial charge in [-0.3, -0.25) is 0 Å². The van der Waals surface area contributed by atoms with Crippen LogP contribution < -0.4 is 0 Å². The Morgan fingerprint density at radius 3 is 2.92 bits per heavy atom. The van der Waals surface area contributed by atoms with Crippen molar-refractivity contribution < 1.29 is 14.3 Å². The van der Waals surface area contributed by atoms with Crippen LogP contribution in [0.4, 0.5) is 0 Å². The topological polar surface area (TPSA) is 47.9 Å². The summed E-state index contributed by atoms with van der Waals surface area (Å²) in [5.74, 6) is 0.387. The number of carbonyl (C=O) groups excluding carboxylic acids is 1. The number of rotatable bonds is 2. The molecule has 0 aromatic carbocycles. The second-order valence-corrected chi connectivity index (χ2v) is 3.48. The van der Waals surface area contributed by atoms with Crippen molar-refractivity contribution in [2.45, 2.75) is 37.8 Å². The van der Waals surface area contributed by atoms with E-state index < -0.39 is 6.10 Å². The van der Waals surface area contributed by atoms with E-state index in [1.807, 2.05) is 6.92 Å². The fourth-order valence-electron chi connectivity index (χ4n) is 1.62. The Balaban J connectivity index is 2.14. The lowest BCUT2D eigenvalue weighted by Gasteiger charge is -2.13. The van der Waals surface area contributed by atoms with Crippen LogP contribution in [0, 0.1) is 0 Å². The summed E-state index contributed by atoms with van der Waals surface area (Å²) in [4.78, 5) is 15.7. The number of carbonyl (C=O) groups is 1. The maximum absolute atomic E-state index is 11.3. The van der Waals surface area contributed by atoms with Crippen LogP contribution in [0.15, 0.2) is 4.99 Å². The van der Waals surface area contributed by atoms with E-state index in [0.29, 0.717) is 5.90 Å². The van der Waals surface area contributed by atoms with Crippen molar-refractivity contribution in [3.63, 3.8) is 0 Å². The Labute approximate surface area is 76.9 Å². The molecular formula is C9H13NO3. The summed E-state index contributed by atoms with van der Waals surface area (Å²) in [6.45, 7) is 1.97. The highest BCUT2D eigenvalue weighted by Crippen LogP contribution is 2.48. The summed E-state index contributed by atoms with van der Waals surface area (Å²) in [7, 11) is 1.38. The van der Waals surface area contributed by atoms with Gasteiger partial charge < -0.3 is 9.47 Å². The molecule has 0 radical (unpaired) electrons. The molecule has 2 aliphatic rings. The van der Waals surface area contributed by atoms with Crippen LogP contribution in [-0.2, 0) is 14.3 Å². The van der Waals surface area contributed by atoms with Crippen LogP contribution in [0.5, 0.6) is 0 Å². The molecule has 1 spiro atoms. The molecule has 0 N–H and O–H groups in total. The van der Waals surface area contributed by atoms with Crippen LogP contribution in [-0.4, -0.2) is 30.6 Å². The van der Waals surface area contributed by atoms with E-state index in [1.165, 1.54) is 7.11 Å². The predicted molar refractivity (Wildman–Crippen MR) is 46.6 cm³/mol. The highest BCUT2D eigenvalue weighted by molar-refractivity contribution is 5.87. The fourth-order valence-corrected chi connectivity index (χ4v) is 1.62. The molecule has 0 aromatic rings. The molecule has 0 bridgehead atoms. The van der Waals surface area contributed by atoms with E-state index in [9.17, 15) is 4.79 Å². The second-order valence-electron chi connectivity index (χ2n) is 3.48. The number of aliphatic imine (C=N–C) groups is 1. The molecule has 72 valence electrons. The second kappa shape index (κ2) is 2.72. The van der Waals surface area contributed by atoms with Crippen LogP contribution in [0.25, 0.3) is 0 Å². The third kappa shape index (κ3) is 1.20.